The van der Waals surface area contributed by atoms with Crippen LogP contribution < -0.4 is 4.74 Å². The maximum Gasteiger partial charge on any atom is 0.513 e. The molecule has 5 aromatic rings. The molecule has 0 aliphatic heterocycles. The Kier molecular flexibility index (Phi) is 20.0. The van der Waals surface area contributed by atoms with Gasteiger partial charge >= 0.3 is 12.1 Å². The lowest BCUT2D eigenvalue weighted by Crippen LogP contribution is -2.23. The minimum Gasteiger partial charge on any atom is -0.497 e. The molecular weight excluding hydrogens is 725 g/mol. The van der Waals surface area contributed by atoms with Crippen LogP contribution in [0.3, 0.4) is 0 Å². The summed E-state index contributed by atoms with van der Waals surface area (Å²) in [6.45, 7) is 24.8. The standard InChI is InChI=1S/C20H26.C14H14.C11H16O.C6H10O6/c1-7-20(6,18-10-8-14(2)16(4)12-18)19-11-9-15(3)17(5)13-19;1-11-3-7-13(8-4-11)14-9-5-12(2)6-10-14;1-11(2,3)9-5-7-10(12-4)8-6-9;1-5(7)10-4-12-6(8)11-3-9-2/h8-13H,7H2,1-6H3;3-10H,1-2H3;5-8H,1-4H3;3-4H2,1-2H3. The molecule has 0 atom stereocenters. The SMILES string of the molecule is CCC(C)(c1ccc(C)c(C)c1)c1ccc(C)c(C)c1.COCOC(=O)OCOC(C)=O.COc1ccc(C(C)(C)C)cc1.Cc1ccc(-c2ccc(C)cc2)cc1. The Hall–Kier alpha value is -5.40. The van der Waals surface area contributed by atoms with Crippen LogP contribution in [0.5, 0.6) is 5.75 Å². The number of methoxy groups -OCH3 is 2. The third-order valence-corrected chi connectivity index (χ3v) is 10.1. The quantitative estimate of drug-likeness (QED) is 0.109. The third kappa shape index (κ3) is 16.2. The molecule has 0 N–H and O–H groups in total. The Bertz CT molecular complexity index is 1890. The molecule has 0 saturated carbocycles. The van der Waals surface area contributed by atoms with Crippen molar-refractivity contribution in [3.8, 4) is 16.9 Å². The van der Waals surface area contributed by atoms with E-state index in [0.29, 0.717) is 0 Å². The second-order valence-electron chi connectivity index (χ2n) is 15.7. The van der Waals surface area contributed by atoms with Crippen LogP contribution in [0, 0.1) is 41.5 Å². The Morgan fingerprint density at radius 1 is 0.517 bits per heavy atom. The highest BCUT2D eigenvalue weighted by Crippen LogP contribution is 2.36. The smallest absolute Gasteiger partial charge is 0.497 e. The number of benzene rings is 5. The zero-order valence-electron chi connectivity index (χ0n) is 37.4. The molecule has 0 radical (unpaired) electrons. The summed E-state index contributed by atoms with van der Waals surface area (Å²) in [5.41, 5.74) is 15.2. The molecule has 0 amide bonds. The third-order valence-electron chi connectivity index (χ3n) is 10.1. The lowest BCUT2D eigenvalue weighted by molar-refractivity contribution is -0.151. The van der Waals surface area contributed by atoms with Gasteiger partial charge in [0.05, 0.1) is 7.11 Å². The molecule has 0 aliphatic rings. The maximum absolute atomic E-state index is 10.5. The van der Waals surface area contributed by atoms with Crippen molar-refractivity contribution in [2.45, 2.75) is 100 Å². The van der Waals surface area contributed by atoms with E-state index in [4.69, 9.17) is 4.74 Å². The largest absolute Gasteiger partial charge is 0.513 e. The number of hydrogen-bond acceptors (Lipinski definition) is 7. The lowest BCUT2D eigenvalue weighted by atomic mass is 9.73. The van der Waals surface area contributed by atoms with E-state index in [0.717, 1.165) is 12.2 Å². The summed E-state index contributed by atoms with van der Waals surface area (Å²) in [6.07, 6.45) is 0.163. The molecule has 0 fully saturated rings. The number of ether oxygens (including phenoxy) is 5. The fourth-order valence-corrected chi connectivity index (χ4v) is 5.64. The van der Waals surface area contributed by atoms with Gasteiger partial charge < -0.3 is 23.7 Å². The monoisotopic (exact) mass is 790 g/mol. The molecule has 0 saturated heterocycles. The lowest BCUT2D eigenvalue weighted by Gasteiger charge is -2.31. The minimum atomic E-state index is -0.946. The average Bonchev–Trinajstić information content (AvgIpc) is 3.20. The second kappa shape index (κ2) is 23.7. The van der Waals surface area contributed by atoms with E-state index in [1.807, 2.05) is 12.1 Å². The van der Waals surface area contributed by atoms with E-state index in [9.17, 15) is 9.59 Å². The molecule has 0 unspecified atom stereocenters. The number of esters is 1. The molecule has 0 aliphatic carbocycles. The molecule has 0 bridgehead atoms. The van der Waals surface area contributed by atoms with Crippen LogP contribution in [0.15, 0.2) is 109 Å². The summed E-state index contributed by atoms with van der Waals surface area (Å²) in [5.74, 6) is 0.387. The fourth-order valence-electron chi connectivity index (χ4n) is 5.64. The fraction of sp³-hybridized carbons (Fsp3) is 0.373. The van der Waals surface area contributed by atoms with Gasteiger partial charge in [-0.1, -0.05) is 143 Å². The van der Waals surface area contributed by atoms with Crippen molar-refractivity contribution in [2.75, 3.05) is 27.8 Å². The van der Waals surface area contributed by atoms with Crippen LogP contribution in [0.1, 0.15) is 98.0 Å². The summed E-state index contributed by atoms with van der Waals surface area (Å²) < 4.78 is 22.3. The van der Waals surface area contributed by atoms with E-state index in [-0.39, 0.29) is 17.6 Å². The summed E-state index contributed by atoms with van der Waals surface area (Å²) in [6, 6.07) is 39.3. The highest BCUT2D eigenvalue weighted by atomic mass is 16.8. The number of rotatable bonds is 9. The van der Waals surface area contributed by atoms with Crippen molar-refractivity contribution >= 4 is 12.1 Å². The minimum absolute atomic E-state index is 0.0942. The van der Waals surface area contributed by atoms with Gasteiger partial charge in [0.25, 0.3) is 0 Å². The zero-order valence-corrected chi connectivity index (χ0v) is 37.4. The van der Waals surface area contributed by atoms with Gasteiger partial charge in [0.15, 0.2) is 6.79 Å². The first kappa shape index (κ1) is 48.7. The molecular formula is C51H66O7. The Balaban J connectivity index is 0.000000274. The predicted octanol–water partition coefficient (Wildman–Crippen LogP) is 12.9. The second-order valence-corrected chi connectivity index (χ2v) is 15.7. The molecule has 0 aromatic heterocycles. The summed E-state index contributed by atoms with van der Waals surface area (Å²) >= 11 is 0. The first-order valence-corrected chi connectivity index (χ1v) is 19.7. The predicted molar refractivity (Wildman–Crippen MR) is 238 cm³/mol. The van der Waals surface area contributed by atoms with Gasteiger partial charge in [-0.05, 0) is 116 Å². The Morgan fingerprint density at radius 2 is 0.931 bits per heavy atom. The molecule has 58 heavy (non-hydrogen) atoms. The van der Waals surface area contributed by atoms with Crippen molar-refractivity contribution in [3.63, 3.8) is 0 Å². The van der Waals surface area contributed by atoms with E-state index in [1.165, 1.54) is 75.2 Å². The van der Waals surface area contributed by atoms with E-state index in [1.54, 1.807) is 7.11 Å². The van der Waals surface area contributed by atoms with E-state index >= 15 is 0 Å². The van der Waals surface area contributed by atoms with Gasteiger partial charge in [-0.25, -0.2) is 4.79 Å². The molecule has 0 spiro atoms. The van der Waals surface area contributed by atoms with E-state index in [2.05, 4.69) is 192 Å². The molecule has 7 heteroatoms. The number of carbonyl (C=O) groups is 2. The molecule has 0 heterocycles. The first-order valence-electron chi connectivity index (χ1n) is 19.7. The maximum atomic E-state index is 10.5. The zero-order chi connectivity index (χ0) is 43.5. The number of hydrogen-bond donors (Lipinski definition) is 0. The van der Waals surface area contributed by atoms with Crippen molar-refractivity contribution in [1.29, 1.82) is 0 Å². The van der Waals surface area contributed by atoms with Crippen LogP contribution in [0.2, 0.25) is 0 Å². The van der Waals surface area contributed by atoms with Gasteiger partial charge in [-0.2, -0.15) is 0 Å². The van der Waals surface area contributed by atoms with Crippen LogP contribution in [-0.2, 0) is 34.6 Å². The van der Waals surface area contributed by atoms with Gasteiger partial charge in [-0.3, -0.25) is 4.79 Å². The highest BCUT2D eigenvalue weighted by Gasteiger charge is 2.27. The molecule has 7 nitrogen and oxygen atoms in total. The van der Waals surface area contributed by atoms with Gasteiger partial charge in [0.2, 0.25) is 6.79 Å². The molecule has 312 valence electrons. The molecule has 5 aromatic carbocycles. The summed E-state index contributed by atoms with van der Waals surface area (Å²) in [7, 11) is 3.05. The topological polar surface area (TPSA) is 80.3 Å². The van der Waals surface area contributed by atoms with Crippen LogP contribution in [0.25, 0.3) is 11.1 Å². The highest BCUT2D eigenvalue weighted by molar-refractivity contribution is 5.66. The van der Waals surface area contributed by atoms with Gasteiger partial charge in [-0.15, -0.1) is 0 Å². The van der Waals surface area contributed by atoms with Gasteiger partial charge in [0, 0.05) is 19.4 Å². The normalized spacial score (nSPS) is 10.7. The molecule has 5 rings (SSSR count). The van der Waals surface area contributed by atoms with E-state index < -0.39 is 18.9 Å². The van der Waals surface area contributed by atoms with Crippen LogP contribution >= 0.6 is 0 Å². The number of carbonyl (C=O) groups excluding carboxylic acids is 2. The Labute approximate surface area is 348 Å². The average molecular weight is 791 g/mol. The number of aryl methyl sites for hydroxylation is 6. The van der Waals surface area contributed by atoms with Crippen LogP contribution in [0.4, 0.5) is 4.79 Å². The van der Waals surface area contributed by atoms with Crippen molar-refractivity contribution in [3.05, 3.63) is 159 Å². The van der Waals surface area contributed by atoms with Crippen molar-refractivity contribution in [1.82, 2.24) is 0 Å². The van der Waals surface area contributed by atoms with Gasteiger partial charge in [0.1, 0.15) is 5.75 Å². The summed E-state index contributed by atoms with van der Waals surface area (Å²) in [4.78, 5) is 20.6. The van der Waals surface area contributed by atoms with Crippen LogP contribution in [-0.4, -0.2) is 39.9 Å². The van der Waals surface area contributed by atoms with Crippen molar-refractivity contribution in [2.24, 2.45) is 0 Å². The summed E-state index contributed by atoms with van der Waals surface area (Å²) in [5, 5.41) is 0. The van der Waals surface area contributed by atoms with Crippen molar-refractivity contribution < 1.29 is 33.3 Å². The first-order chi connectivity index (χ1) is 27.3. The Morgan fingerprint density at radius 3 is 1.28 bits per heavy atom.